The third-order valence-electron chi connectivity index (χ3n) is 3.17. The molecule has 2 unspecified atom stereocenters. The van der Waals surface area contributed by atoms with Crippen molar-refractivity contribution >= 4 is 5.91 Å². The molecule has 2 N–H and O–H groups in total. The standard InChI is InChI=1S/C12H22N2O2/c1-3-7-13-12(16)8-14-10(2)5-4-6-11(14)9-15/h3,10-11,15H,1,4-9H2,2H3,(H,13,16). The Hall–Kier alpha value is -0.870. The van der Waals surface area contributed by atoms with Gasteiger partial charge in [-0.25, -0.2) is 0 Å². The van der Waals surface area contributed by atoms with Gasteiger partial charge in [-0.2, -0.15) is 0 Å². The van der Waals surface area contributed by atoms with E-state index in [-0.39, 0.29) is 18.6 Å². The average Bonchev–Trinajstić information content (AvgIpc) is 2.29. The molecule has 0 aromatic rings. The predicted molar refractivity (Wildman–Crippen MR) is 64.1 cm³/mol. The Labute approximate surface area is 97.3 Å². The van der Waals surface area contributed by atoms with Crippen molar-refractivity contribution in [2.75, 3.05) is 19.7 Å². The van der Waals surface area contributed by atoms with E-state index in [2.05, 4.69) is 23.7 Å². The van der Waals surface area contributed by atoms with Crippen molar-refractivity contribution in [3.05, 3.63) is 12.7 Å². The zero-order valence-electron chi connectivity index (χ0n) is 9.98. The number of amides is 1. The second kappa shape index (κ2) is 6.66. The van der Waals surface area contributed by atoms with Gasteiger partial charge in [-0.05, 0) is 19.8 Å². The lowest BCUT2D eigenvalue weighted by atomic mass is 9.97. The molecule has 1 heterocycles. The lowest BCUT2D eigenvalue weighted by Gasteiger charge is -2.39. The van der Waals surface area contributed by atoms with Gasteiger partial charge < -0.3 is 10.4 Å². The zero-order valence-corrected chi connectivity index (χ0v) is 9.98. The van der Waals surface area contributed by atoms with Crippen molar-refractivity contribution in [3.63, 3.8) is 0 Å². The molecule has 0 saturated carbocycles. The normalized spacial score (nSPS) is 26.4. The third kappa shape index (κ3) is 3.61. The van der Waals surface area contributed by atoms with E-state index < -0.39 is 0 Å². The van der Waals surface area contributed by atoms with Crippen LogP contribution in [0, 0.1) is 0 Å². The van der Waals surface area contributed by atoms with Crippen molar-refractivity contribution in [2.45, 2.75) is 38.3 Å². The van der Waals surface area contributed by atoms with Crippen molar-refractivity contribution in [2.24, 2.45) is 0 Å². The first kappa shape index (κ1) is 13.2. The Bertz CT molecular complexity index is 243. The van der Waals surface area contributed by atoms with E-state index >= 15 is 0 Å². The number of likely N-dealkylation sites (tertiary alicyclic amines) is 1. The van der Waals surface area contributed by atoms with Crippen LogP contribution >= 0.6 is 0 Å². The molecule has 4 heteroatoms. The SMILES string of the molecule is C=CCNC(=O)CN1C(C)CCCC1CO. The first-order chi connectivity index (χ1) is 7.69. The largest absolute Gasteiger partial charge is 0.395 e. The Balaban J connectivity index is 2.47. The summed E-state index contributed by atoms with van der Waals surface area (Å²) in [5.41, 5.74) is 0. The molecular weight excluding hydrogens is 204 g/mol. The summed E-state index contributed by atoms with van der Waals surface area (Å²) in [6, 6.07) is 0.513. The van der Waals surface area contributed by atoms with Crippen LogP contribution in [0.2, 0.25) is 0 Å². The third-order valence-corrected chi connectivity index (χ3v) is 3.17. The molecule has 0 spiro atoms. The minimum Gasteiger partial charge on any atom is -0.395 e. The summed E-state index contributed by atoms with van der Waals surface area (Å²) in [5, 5.41) is 12.0. The summed E-state index contributed by atoms with van der Waals surface area (Å²) in [5.74, 6) is 0.00657. The average molecular weight is 226 g/mol. The first-order valence-electron chi connectivity index (χ1n) is 5.93. The molecule has 0 radical (unpaired) electrons. The van der Waals surface area contributed by atoms with Crippen LogP contribution in [-0.2, 0) is 4.79 Å². The summed E-state index contributed by atoms with van der Waals surface area (Å²) in [7, 11) is 0. The molecule has 1 saturated heterocycles. The van der Waals surface area contributed by atoms with Crippen LogP contribution < -0.4 is 5.32 Å². The van der Waals surface area contributed by atoms with E-state index in [1.54, 1.807) is 6.08 Å². The number of carbonyl (C=O) groups is 1. The van der Waals surface area contributed by atoms with Gasteiger partial charge in [0.1, 0.15) is 0 Å². The lowest BCUT2D eigenvalue weighted by molar-refractivity contribution is -0.124. The van der Waals surface area contributed by atoms with Gasteiger partial charge in [-0.1, -0.05) is 12.5 Å². The topological polar surface area (TPSA) is 52.6 Å². The van der Waals surface area contributed by atoms with Crippen LogP contribution in [0.3, 0.4) is 0 Å². The van der Waals surface area contributed by atoms with Crippen LogP contribution in [-0.4, -0.2) is 47.7 Å². The number of rotatable bonds is 5. The Morgan fingerprint density at radius 2 is 2.38 bits per heavy atom. The first-order valence-corrected chi connectivity index (χ1v) is 5.93. The van der Waals surface area contributed by atoms with E-state index in [1.165, 1.54) is 0 Å². The van der Waals surface area contributed by atoms with Gasteiger partial charge in [0.2, 0.25) is 5.91 Å². The van der Waals surface area contributed by atoms with Gasteiger partial charge in [0.05, 0.1) is 13.2 Å². The summed E-state index contributed by atoms with van der Waals surface area (Å²) < 4.78 is 0. The van der Waals surface area contributed by atoms with Gasteiger partial charge in [-0.3, -0.25) is 9.69 Å². The summed E-state index contributed by atoms with van der Waals surface area (Å²) in [4.78, 5) is 13.7. The van der Waals surface area contributed by atoms with Gasteiger partial charge in [0, 0.05) is 18.6 Å². The van der Waals surface area contributed by atoms with Gasteiger partial charge in [0.25, 0.3) is 0 Å². The molecule has 2 atom stereocenters. The molecule has 1 aliphatic heterocycles. The maximum absolute atomic E-state index is 11.6. The Kier molecular flexibility index (Phi) is 5.49. The molecule has 0 bridgehead atoms. The number of hydrogen-bond donors (Lipinski definition) is 2. The van der Waals surface area contributed by atoms with Crippen molar-refractivity contribution < 1.29 is 9.90 Å². The highest BCUT2D eigenvalue weighted by Gasteiger charge is 2.28. The van der Waals surface area contributed by atoms with Crippen LogP contribution in [0.4, 0.5) is 0 Å². The molecule has 0 aromatic carbocycles. The van der Waals surface area contributed by atoms with Crippen LogP contribution in [0.1, 0.15) is 26.2 Å². The highest BCUT2D eigenvalue weighted by atomic mass is 16.3. The van der Waals surface area contributed by atoms with Gasteiger partial charge in [0.15, 0.2) is 0 Å². The maximum atomic E-state index is 11.6. The Morgan fingerprint density at radius 3 is 3.00 bits per heavy atom. The van der Waals surface area contributed by atoms with Crippen molar-refractivity contribution in [3.8, 4) is 0 Å². The summed E-state index contributed by atoms with van der Waals surface area (Å²) in [6.07, 6.45) is 4.89. The van der Waals surface area contributed by atoms with E-state index in [0.717, 1.165) is 19.3 Å². The second-order valence-corrected chi connectivity index (χ2v) is 4.38. The van der Waals surface area contributed by atoms with E-state index in [0.29, 0.717) is 19.1 Å². The predicted octanol–water partition coefficient (Wildman–Crippen LogP) is 0.524. The van der Waals surface area contributed by atoms with E-state index in [4.69, 9.17) is 0 Å². The van der Waals surface area contributed by atoms with E-state index in [1.807, 2.05) is 0 Å². The number of aliphatic hydroxyl groups is 1. The second-order valence-electron chi connectivity index (χ2n) is 4.38. The highest BCUT2D eigenvalue weighted by Crippen LogP contribution is 2.21. The number of piperidine rings is 1. The van der Waals surface area contributed by atoms with Crippen LogP contribution in [0.25, 0.3) is 0 Å². The molecule has 1 aliphatic rings. The molecule has 0 aromatic heterocycles. The molecule has 1 amide bonds. The number of nitrogens with one attached hydrogen (secondary N) is 1. The summed E-state index contributed by atoms with van der Waals surface area (Å²) >= 11 is 0. The fraction of sp³-hybridized carbons (Fsp3) is 0.750. The van der Waals surface area contributed by atoms with Crippen LogP contribution in [0.15, 0.2) is 12.7 Å². The van der Waals surface area contributed by atoms with Crippen molar-refractivity contribution in [1.82, 2.24) is 10.2 Å². The summed E-state index contributed by atoms with van der Waals surface area (Å²) in [6.45, 7) is 6.69. The zero-order chi connectivity index (χ0) is 12.0. The molecule has 1 rings (SSSR count). The fourth-order valence-electron chi connectivity index (χ4n) is 2.23. The molecular formula is C12H22N2O2. The van der Waals surface area contributed by atoms with Gasteiger partial charge >= 0.3 is 0 Å². The molecule has 0 aliphatic carbocycles. The van der Waals surface area contributed by atoms with E-state index in [9.17, 15) is 9.90 Å². The lowest BCUT2D eigenvalue weighted by Crippen LogP contribution is -2.51. The number of aliphatic hydroxyl groups excluding tert-OH is 1. The molecule has 4 nitrogen and oxygen atoms in total. The highest BCUT2D eigenvalue weighted by molar-refractivity contribution is 5.78. The number of hydrogen-bond acceptors (Lipinski definition) is 3. The minimum atomic E-state index is 0.00657. The monoisotopic (exact) mass is 226 g/mol. The molecule has 1 fully saturated rings. The molecule has 16 heavy (non-hydrogen) atoms. The van der Waals surface area contributed by atoms with Crippen molar-refractivity contribution in [1.29, 1.82) is 0 Å². The maximum Gasteiger partial charge on any atom is 0.234 e. The number of nitrogens with zero attached hydrogens (tertiary/aromatic N) is 1. The fourth-order valence-corrected chi connectivity index (χ4v) is 2.23. The van der Waals surface area contributed by atoms with Gasteiger partial charge in [-0.15, -0.1) is 6.58 Å². The molecule has 92 valence electrons. The Morgan fingerprint density at radius 1 is 1.62 bits per heavy atom. The number of carbonyl (C=O) groups excluding carboxylic acids is 1. The minimum absolute atomic E-state index is 0.00657. The van der Waals surface area contributed by atoms with Crippen LogP contribution in [0.5, 0.6) is 0 Å². The smallest absolute Gasteiger partial charge is 0.234 e. The quantitative estimate of drug-likeness (QED) is 0.672.